The summed E-state index contributed by atoms with van der Waals surface area (Å²) in [6, 6.07) is 5.54. The second kappa shape index (κ2) is 8.19. The summed E-state index contributed by atoms with van der Waals surface area (Å²) in [4.78, 5) is 11.8. The second-order valence-corrected chi connectivity index (χ2v) is 4.38. The molecule has 0 aliphatic heterocycles. The largest absolute Gasteiger partial charge is 0.496 e. The minimum atomic E-state index is -0.178. The predicted octanol–water partition coefficient (Wildman–Crippen LogP) is 2.64. The van der Waals surface area contributed by atoms with Gasteiger partial charge in [0.15, 0.2) is 0 Å². The Bertz CT molecular complexity index is 471. The van der Waals surface area contributed by atoms with E-state index in [2.05, 4.69) is 5.16 Å². The molecule has 0 aromatic heterocycles. The monoisotopic (exact) mass is 279 g/mol. The number of carbonyl (C=O) groups excluding carboxylic acids is 1. The smallest absolute Gasteiger partial charge is 0.309 e. The van der Waals surface area contributed by atoms with E-state index < -0.39 is 0 Å². The summed E-state index contributed by atoms with van der Waals surface area (Å²) in [6.07, 6.45) is 2.62. The molecule has 1 aromatic rings. The standard InChI is InChI=1S/C15H21NO4/c1-4-12(15(17)20-5-2)8-11-6-7-14(19-3)13(9-11)10-16-18/h6-7,9-10,12,18H,4-5,8H2,1-3H3/b16-10-/t12-/m1/s1. The molecule has 0 saturated heterocycles. The number of benzene rings is 1. The molecule has 110 valence electrons. The Balaban J connectivity index is 2.91. The van der Waals surface area contributed by atoms with Crippen LogP contribution < -0.4 is 4.74 Å². The first-order valence-corrected chi connectivity index (χ1v) is 6.67. The third-order valence-electron chi connectivity index (χ3n) is 3.09. The molecule has 0 aliphatic rings. The SMILES string of the molecule is CCOC(=O)[C@H](CC)Cc1ccc(OC)c(/C=N\O)c1. The number of methoxy groups -OCH3 is 1. The van der Waals surface area contributed by atoms with Crippen LogP contribution in [0.5, 0.6) is 5.75 Å². The van der Waals surface area contributed by atoms with Gasteiger partial charge in [-0.2, -0.15) is 0 Å². The summed E-state index contributed by atoms with van der Waals surface area (Å²) in [6.45, 7) is 4.15. The van der Waals surface area contributed by atoms with Gasteiger partial charge < -0.3 is 14.7 Å². The Hall–Kier alpha value is -2.04. The molecule has 0 unspecified atom stereocenters. The van der Waals surface area contributed by atoms with Crippen molar-refractivity contribution in [2.24, 2.45) is 11.1 Å². The first-order valence-electron chi connectivity index (χ1n) is 6.67. The van der Waals surface area contributed by atoms with Crippen LogP contribution in [0.3, 0.4) is 0 Å². The third kappa shape index (κ3) is 4.26. The molecule has 0 amide bonds. The highest BCUT2D eigenvalue weighted by Gasteiger charge is 2.18. The summed E-state index contributed by atoms with van der Waals surface area (Å²) in [5, 5.41) is 11.7. The Labute approximate surface area is 119 Å². The Morgan fingerprint density at radius 3 is 2.75 bits per heavy atom. The molecule has 5 heteroatoms. The van der Waals surface area contributed by atoms with E-state index in [0.717, 1.165) is 5.56 Å². The number of rotatable bonds is 7. The van der Waals surface area contributed by atoms with E-state index >= 15 is 0 Å². The van der Waals surface area contributed by atoms with Crippen molar-refractivity contribution in [3.05, 3.63) is 29.3 Å². The van der Waals surface area contributed by atoms with E-state index in [1.807, 2.05) is 19.1 Å². The van der Waals surface area contributed by atoms with Crippen LogP contribution in [0.15, 0.2) is 23.4 Å². The van der Waals surface area contributed by atoms with Gasteiger partial charge in [0, 0.05) is 5.56 Å². The quantitative estimate of drug-likeness (QED) is 0.360. The number of nitrogens with zero attached hydrogens (tertiary/aromatic N) is 1. The molecule has 0 heterocycles. The lowest BCUT2D eigenvalue weighted by molar-refractivity contribution is -0.148. The van der Waals surface area contributed by atoms with Gasteiger partial charge in [-0.05, 0) is 37.5 Å². The van der Waals surface area contributed by atoms with Crippen molar-refractivity contribution in [1.82, 2.24) is 0 Å². The number of ether oxygens (including phenoxy) is 2. The van der Waals surface area contributed by atoms with Crippen LogP contribution >= 0.6 is 0 Å². The maximum absolute atomic E-state index is 11.8. The summed E-state index contributed by atoms with van der Waals surface area (Å²) >= 11 is 0. The van der Waals surface area contributed by atoms with Gasteiger partial charge in [0.05, 0.1) is 25.8 Å². The zero-order valence-electron chi connectivity index (χ0n) is 12.1. The van der Waals surface area contributed by atoms with Crippen LogP contribution in [0.25, 0.3) is 0 Å². The topological polar surface area (TPSA) is 68.1 Å². The van der Waals surface area contributed by atoms with Gasteiger partial charge in [0.1, 0.15) is 5.75 Å². The number of esters is 1. The number of hydrogen-bond donors (Lipinski definition) is 1. The molecule has 1 atom stereocenters. The van der Waals surface area contributed by atoms with Gasteiger partial charge in [0.25, 0.3) is 0 Å². The van der Waals surface area contributed by atoms with Crippen LogP contribution in [0.2, 0.25) is 0 Å². The number of hydrogen-bond acceptors (Lipinski definition) is 5. The fraction of sp³-hybridized carbons (Fsp3) is 0.467. The first-order chi connectivity index (χ1) is 9.65. The lowest BCUT2D eigenvalue weighted by atomic mass is 9.96. The number of oxime groups is 1. The Kier molecular flexibility index (Phi) is 6.56. The van der Waals surface area contributed by atoms with E-state index in [-0.39, 0.29) is 11.9 Å². The van der Waals surface area contributed by atoms with Crippen LogP contribution in [-0.2, 0) is 16.0 Å². The van der Waals surface area contributed by atoms with Crippen LogP contribution in [0.1, 0.15) is 31.4 Å². The van der Waals surface area contributed by atoms with Crippen molar-refractivity contribution in [2.75, 3.05) is 13.7 Å². The average Bonchev–Trinajstić information content (AvgIpc) is 2.45. The Morgan fingerprint density at radius 2 is 2.20 bits per heavy atom. The lowest BCUT2D eigenvalue weighted by Crippen LogP contribution is -2.19. The zero-order valence-corrected chi connectivity index (χ0v) is 12.1. The average molecular weight is 279 g/mol. The van der Waals surface area contributed by atoms with Gasteiger partial charge in [0.2, 0.25) is 0 Å². The lowest BCUT2D eigenvalue weighted by Gasteiger charge is -2.14. The molecule has 1 aromatic carbocycles. The molecule has 1 N–H and O–H groups in total. The minimum absolute atomic E-state index is 0.165. The Morgan fingerprint density at radius 1 is 1.45 bits per heavy atom. The summed E-state index contributed by atoms with van der Waals surface area (Å²) in [5.41, 5.74) is 1.65. The normalized spacial score (nSPS) is 12.3. The second-order valence-electron chi connectivity index (χ2n) is 4.38. The fourth-order valence-corrected chi connectivity index (χ4v) is 2.01. The van der Waals surface area contributed by atoms with E-state index in [1.165, 1.54) is 6.21 Å². The third-order valence-corrected chi connectivity index (χ3v) is 3.09. The van der Waals surface area contributed by atoms with E-state index in [4.69, 9.17) is 14.7 Å². The van der Waals surface area contributed by atoms with Gasteiger partial charge >= 0.3 is 5.97 Å². The number of carbonyl (C=O) groups is 1. The maximum atomic E-state index is 11.8. The molecular weight excluding hydrogens is 258 g/mol. The summed E-state index contributed by atoms with van der Waals surface area (Å²) < 4.78 is 10.2. The van der Waals surface area contributed by atoms with Gasteiger partial charge in [-0.1, -0.05) is 18.1 Å². The van der Waals surface area contributed by atoms with Crippen molar-refractivity contribution in [1.29, 1.82) is 0 Å². The zero-order chi connectivity index (χ0) is 15.0. The van der Waals surface area contributed by atoms with Crippen LogP contribution in [0.4, 0.5) is 0 Å². The van der Waals surface area contributed by atoms with E-state index in [1.54, 1.807) is 20.1 Å². The van der Waals surface area contributed by atoms with Crippen LogP contribution in [-0.4, -0.2) is 31.1 Å². The van der Waals surface area contributed by atoms with E-state index in [0.29, 0.717) is 30.8 Å². The summed E-state index contributed by atoms with van der Waals surface area (Å²) in [7, 11) is 1.55. The van der Waals surface area contributed by atoms with Crippen molar-refractivity contribution in [3.63, 3.8) is 0 Å². The van der Waals surface area contributed by atoms with Crippen molar-refractivity contribution in [3.8, 4) is 5.75 Å². The molecule has 5 nitrogen and oxygen atoms in total. The van der Waals surface area contributed by atoms with E-state index in [9.17, 15) is 4.79 Å². The van der Waals surface area contributed by atoms with Crippen molar-refractivity contribution >= 4 is 12.2 Å². The molecule has 0 radical (unpaired) electrons. The summed E-state index contributed by atoms with van der Waals surface area (Å²) in [5.74, 6) is 0.279. The molecular formula is C15H21NO4. The highest BCUT2D eigenvalue weighted by Crippen LogP contribution is 2.21. The van der Waals surface area contributed by atoms with Gasteiger partial charge in [-0.15, -0.1) is 0 Å². The molecule has 0 spiro atoms. The fourth-order valence-electron chi connectivity index (χ4n) is 2.01. The molecule has 0 fully saturated rings. The molecule has 20 heavy (non-hydrogen) atoms. The highest BCUT2D eigenvalue weighted by atomic mass is 16.5. The molecule has 0 saturated carbocycles. The first kappa shape index (κ1) is 16.0. The van der Waals surface area contributed by atoms with Gasteiger partial charge in [-0.25, -0.2) is 0 Å². The predicted molar refractivity (Wildman–Crippen MR) is 76.5 cm³/mol. The van der Waals surface area contributed by atoms with Crippen molar-refractivity contribution < 1.29 is 19.5 Å². The molecule has 1 rings (SSSR count). The van der Waals surface area contributed by atoms with Crippen molar-refractivity contribution in [2.45, 2.75) is 26.7 Å². The van der Waals surface area contributed by atoms with Crippen LogP contribution in [0, 0.1) is 5.92 Å². The maximum Gasteiger partial charge on any atom is 0.309 e. The molecule has 0 aliphatic carbocycles. The highest BCUT2D eigenvalue weighted by molar-refractivity contribution is 5.83. The molecule has 0 bridgehead atoms. The van der Waals surface area contributed by atoms with Gasteiger partial charge in [-0.3, -0.25) is 4.79 Å². The minimum Gasteiger partial charge on any atom is -0.496 e.